The lowest BCUT2D eigenvalue weighted by molar-refractivity contribution is -0.117. The van der Waals surface area contributed by atoms with Crippen molar-refractivity contribution in [2.75, 3.05) is 11.9 Å². The zero-order valence-corrected chi connectivity index (χ0v) is 9.91. The van der Waals surface area contributed by atoms with Gasteiger partial charge in [-0.3, -0.25) is 4.79 Å². The highest BCUT2D eigenvalue weighted by Crippen LogP contribution is 2.28. The molecule has 2 rings (SSSR count). The Morgan fingerprint density at radius 3 is 3.06 bits per heavy atom. The molecule has 2 heterocycles. The van der Waals surface area contributed by atoms with Gasteiger partial charge in [0.1, 0.15) is 5.76 Å². The van der Waals surface area contributed by atoms with Crippen molar-refractivity contribution in [2.24, 2.45) is 5.73 Å². The Labute approximate surface area is 102 Å². The van der Waals surface area contributed by atoms with E-state index in [2.05, 4.69) is 15.5 Å². The molecule has 0 spiro atoms. The Balaban J connectivity index is 2.28. The first-order valence-corrected chi connectivity index (χ1v) is 5.40. The average Bonchev–Trinajstić information content (AvgIpc) is 2.64. The summed E-state index contributed by atoms with van der Waals surface area (Å²) in [7, 11) is 0. The second kappa shape index (κ2) is 4.58. The summed E-state index contributed by atoms with van der Waals surface area (Å²) in [4.78, 5) is 10.6. The molecule has 7 heteroatoms. The van der Waals surface area contributed by atoms with Gasteiger partial charge in [0.2, 0.25) is 5.91 Å². The van der Waals surface area contributed by atoms with Gasteiger partial charge in [-0.15, -0.1) is 10.2 Å². The number of amides is 1. The minimum absolute atomic E-state index is 0.216. The molecule has 1 amide bonds. The fourth-order valence-corrected chi connectivity index (χ4v) is 1.65. The van der Waals surface area contributed by atoms with E-state index in [1.807, 2.05) is 13.0 Å². The van der Waals surface area contributed by atoms with Crippen molar-refractivity contribution in [3.8, 4) is 0 Å². The number of carbonyl (C=O) groups excluding carboxylic acids is 1. The van der Waals surface area contributed by atoms with Crippen LogP contribution < -0.4 is 11.1 Å². The molecule has 90 valence electrons. The van der Waals surface area contributed by atoms with Crippen LogP contribution in [0.15, 0.2) is 10.5 Å². The number of nitrogens with two attached hydrogens (primary N) is 1. The number of anilines is 1. The minimum Gasteiger partial charge on any atom is -0.458 e. The number of furan rings is 1. The van der Waals surface area contributed by atoms with Gasteiger partial charge in [0.25, 0.3) is 0 Å². The highest BCUT2D eigenvalue weighted by atomic mass is 35.5. The summed E-state index contributed by atoms with van der Waals surface area (Å²) in [5.74, 6) is 0.871. The Hall–Kier alpha value is -1.82. The molecule has 0 fully saturated rings. The van der Waals surface area contributed by atoms with Gasteiger partial charge in [-0.1, -0.05) is 11.6 Å². The zero-order chi connectivity index (χ0) is 12.4. The molecule has 0 aromatic carbocycles. The number of carbonyl (C=O) groups is 1. The summed E-state index contributed by atoms with van der Waals surface area (Å²) in [6, 6.07) is 1.81. The van der Waals surface area contributed by atoms with Crippen LogP contribution in [0, 0.1) is 6.92 Å². The van der Waals surface area contributed by atoms with E-state index in [9.17, 15) is 4.79 Å². The lowest BCUT2D eigenvalue weighted by Crippen LogP contribution is -2.16. The lowest BCUT2D eigenvalue weighted by atomic mass is 10.3. The number of aryl methyl sites for hydroxylation is 1. The molecule has 3 N–H and O–H groups in total. The van der Waals surface area contributed by atoms with E-state index in [0.29, 0.717) is 17.9 Å². The molecule has 0 aliphatic rings. The van der Waals surface area contributed by atoms with Gasteiger partial charge < -0.3 is 15.5 Å². The molecule has 0 unspecified atom stereocenters. The number of halogens is 1. The Morgan fingerprint density at radius 1 is 1.59 bits per heavy atom. The fourth-order valence-electron chi connectivity index (χ4n) is 1.47. The van der Waals surface area contributed by atoms with Crippen LogP contribution in [0.2, 0.25) is 5.15 Å². The molecule has 2 aromatic rings. The van der Waals surface area contributed by atoms with Gasteiger partial charge in [0, 0.05) is 13.0 Å². The standard InChI is InChI=1S/C10H11ClN4O2/c1-5-4-6-8(17-5)9(11)14-15-10(6)13-3-2-7(12)16/h4H,2-3H2,1H3,(H2,12,16)(H,13,15). The Bertz CT molecular complexity index is 567. The van der Waals surface area contributed by atoms with Crippen LogP contribution in [-0.2, 0) is 4.79 Å². The van der Waals surface area contributed by atoms with E-state index in [-0.39, 0.29) is 17.5 Å². The van der Waals surface area contributed by atoms with Gasteiger partial charge >= 0.3 is 0 Å². The predicted molar refractivity (Wildman–Crippen MR) is 63.9 cm³/mol. The smallest absolute Gasteiger partial charge is 0.219 e. The van der Waals surface area contributed by atoms with Crippen LogP contribution in [0.25, 0.3) is 11.0 Å². The average molecular weight is 255 g/mol. The number of nitrogens with one attached hydrogen (secondary N) is 1. The summed E-state index contributed by atoms with van der Waals surface area (Å²) in [6.07, 6.45) is 0.225. The molecule has 17 heavy (non-hydrogen) atoms. The molecule has 6 nitrogen and oxygen atoms in total. The van der Waals surface area contributed by atoms with Crippen molar-refractivity contribution < 1.29 is 9.21 Å². The van der Waals surface area contributed by atoms with Crippen LogP contribution in [0.4, 0.5) is 5.82 Å². The number of primary amides is 1. The maximum absolute atomic E-state index is 10.6. The van der Waals surface area contributed by atoms with Crippen molar-refractivity contribution in [1.82, 2.24) is 10.2 Å². The summed E-state index contributed by atoms with van der Waals surface area (Å²) in [6.45, 7) is 2.20. The van der Waals surface area contributed by atoms with Crippen LogP contribution in [0.5, 0.6) is 0 Å². The normalized spacial score (nSPS) is 10.7. The predicted octanol–water partition coefficient (Wildman–Crippen LogP) is 1.47. The van der Waals surface area contributed by atoms with E-state index in [4.69, 9.17) is 21.8 Å². The monoisotopic (exact) mass is 254 g/mol. The number of rotatable bonds is 4. The molecule has 0 radical (unpaired) electrons. The molecule has 0 aliphatic heterocycles. The van der Waals surface area contributed by atoms with E-state index >= 15 is 0 Å². The molecule has 0 aliphatic carbocycles. The topological polar surface area (TPSA) is 94.0 Å². The van der Waals surface area contributed by atoms with Crippen LogP contribution >= 0.6 is 11.6 Å². The number of hydrogen-bond acceptors (Lipinski definition) is 5. The summed E-state index contributed by atoms with van der Waals surface area (Å²) in [5.41, 5.74) is 5.53. The molecule has 0 bridgehead atoms. The van der Waals surface area contributed by atoms with Gasteiger partial charge in [0.05, 0.1) is 5.39 Å². The second-order valence-corrected chi connectivity index (χ2v) is 3.94. The van der Waals surface area contributed by atoms with Crippen molar-refractivity contribution in [3.63, 3.8) is 0 Å². The quantitative estimate of drug-likeness (QED) is 0.862. The molecule has 0 saturated carbocycles. The van der Waals surface area contributed by atoms with E-state index < -0.39 is 0 Å². The van der Waals surface area contributed by atoms with Crippen LogP contribution in [0.1, 0.15) is 12.2 Å². The number of fused-ring (bicyclic) bond motifs is 1. The third-order valence-electron chi connectivity index (χ3n) is 2.20. The third kappa shape index (κ3) is 2.47. The Kier molecular flexibility index (Phi) is 3.14. The highest BCUT2D eigenvalue weighted by Gasteiger charge is 2.12. The molecular formula is C10H11ClN4O2. The molecule has 2 aromatic heterocycles. The van der Waals surface area contributed by atoms with Gasteiger partial charge in [0.15, 0.2) is 16.6 Å². The number of hydrogen-bond donors (Lipinski definition) is 2. The highest BCUT2D eigenvalue weighted by molar-refractivity contribution is 6.33. The van der Waals surface area contributed by atoms with Gasteiger partial charge in [-0.2, -0.15) is 0 Å². The largest absolute Gasteiger partial charge is 0.458 e. The summed E-state index contributed by atoms with van der Waals surface area (Å²) >= 11 is 5.86. The first kappa shape index (κ1) is 11.7. The minimum atomic E-state index is -0.376. The SMILES string of the molecule is Cc1cc2c(NCCC(N)=O)nnc(Cl)c2o1. The van der Waals surface area contributed by atoms with E-state index in [0.717, 1.165) is 11.1 Å². The summed E-state index contributed by atoms with van der Waals surface area (Å²) < 4.78 is 5.40. The fraction of sp³-hybridized carbons (Fsp3) is 0.300. The lowest BCUT2D eigenvalue weighted by Gasteiger charge is -2.03. The number of nitrogens with zero attached hydrogens (tertiary/aromatic N) is 2. The number of aromatic nitrogens is 2. The van der Waals surface area contributed by atoms with Crippen molar-refractivity contribution in [3.05, 3.63) is 17.0 Å². The van der Waals surface area contributed by atoms with E-state index in [1.165, 1.54) is 0 Å². The van der Waals surface area contributed by atoms with Crippen molar-refractivity contribution in [1.29, 1.82) is 0 Å². The van der Waals surface area contributed by atoms with Crippen molar-refractivity contribution >= 4 is 34.3 Å². The van der Waals surface area contributed by atoms with Gasteiger partial charge in [-0.05, 0) is 13.0 Å². The summed E-state index contributed by atoms with van der Waals surface area (Å²) in [5, 5.41) is 11.6. The maximum Gasteiger partial charge on any atom is 0.219 e. The maximum atomic E-state index is 10.6. The third-order valence-corrected chi connectivity index (χ3v) is 2.45. The first-order valence-electron chi connectivity index (χ1n) is 5.02. The zero-order valence-electron chi connectivity index (χ0n) is 9.16. The molecule has 0 saturated heterocycles. The van der Waals surface area contributed by atoms with Crippen molar-refractivity contribution in [2.45, 2.75) is 13.3 Å². The molecule has 0 atom stereocenters. The molecular weight excluding hydrogens is 244 g/mol. The van der Waals surface area contributed by atoms with Crippen LogP contribution in [-0.4, -0.2) is 22.6 Å². The Morgan fingerprint density at radius 2 is 2.35 bits per heavy atom. The van der Waals surface area contributed by atoms with E-state index in [1.54, 1.807) is 0 Å². The van der Waals surface area contributed by atoms with Crippen LogP contribution in [0.3, 0.4) is 0 Å². The first-order chi connectivity index (χ1) is 8.08. The second-order valence-electron chi connectivity index (χ2n) is 3.58. The van der Waals surface area contributed by atoms with Gasteiger partial charge in [-0.25, -0.2) is 0 Å².